The number of hydrogen-bond donors (Lipinski definition) is 2. The molecule has 0 saturated carbocycles. The summed E-state index contributed by atoms with van der Waals surface area (Å²) in [4.78, 5) is 8.05. The van der Waals surface area contributed by atoms with Gasteiger partial charge in [-0.1, -0.05) is 19.9 Å². The van der Waals surface area contributed by atoms with Crippen LogP contribution in [0.5, 0.6) is 0 Å². The average molecular weight is 293 g/mol. The number of ether oxygens (including phenoxy) is 1. The summed E-state index contributed by atoms with van der Waals surface area (Å²) in [5.74, 6) is 0.409. The van der Waals surface area contributed by atoms with E-state index in [1.807, 2.05) is 13.8 Å². The van der Waals surface area contributed by atoms with E-state index in [0.717, 1.165) is 0 Å². The number of nitrogens with one attached hydrogen (secondary N) is 1. The molecule has 0 amide bonds. The highest BCUT2D eigenvalue weighted by molar-refractivity contribution is 5.89. The summed E-state index contributed by atoms with van der Waals surface area (Å²) in [5.41, 5.74) is 0.526. The van der Waals surface area contributed by atoms with E-state index in [4.69, 9.17) is 4.74 Å². The van der Waals surface area contributed by atoms with Gasteiger partial charge in [0.15, 0.2) is 0 Å². The van der Waals surface area contributed by atoms with E-state index in [-0.39, 0.29) is 19.0 Å². The van der Waals surface area contributed by atoms with Gasteiger partial charge >= 0.3 is 0 Å². The van der Waals surface area contributed by atoms with Gasteiger partial charge in [0, 0.05) is 13.2 Å². The van der Waals surface area contributed by atoms with Crippen LogP contribution in [0.3, 0.4) is 0 Å². The van der Waals surface area contributed by atoms with E-state index in [1.54, 1.807) is 12.1 Å². The summed E-state index contributed by atoms with van der Waals surface area (Å²) in [6, 6.07) is 4.68. The lowest BCUT2D eigenvalue weighted by atomic mass is 10.2. The SMILES string of the molecule is CC(C)COC[C@H](O)CNc1ncnc2cccc(F)c12. The lowest BCUT2D eigenvalue weighted by Gasteiger charge is -2.14. The van der Waals surface area contributed by atoms with Gasteiger partial charge in [0.1, 0.15) is 18.0 Å². The van der Waals surface area contributed by atoms with Crippen LogP contribution < -0.4 is 5.32 Å². The van der Waals surface area contributed by atoms with Crippen LogP contribution in [0.1, 0.15) is 13.8 Å². The highest BCUT2D eigenvalue weighted by atomic mass is 19.1. The van der Waals surface area contributed by atoms with Gasteiger partial charge in [-0.05, 0) is 18.1 Å². The van der Waals surface area contributed by atoms with Crippen LogP contribution in [0.15, 0.2) is 24.5 Å². The Morgan fingerprint density at radius 2 is 2.10 bits per heavy atom. The smallest absolute Gasteiger partial charge is 0.140 e. The number of aliphatic hydroxyl groups excluding tert-OH is 1. The minimum absolute atomic E-state index is 0.233. The third-order valence-corrected chi connectivity index (χ3v) is 2.88. The first kappa shape index (κ1) is 15.6. The second-order valence-electron chi connectivity index (χ2n) is 5.32. The van der Waals surface area contributed by atoms with E-state index in [0.29, 0.717) is 29.2 Å². The molecule has 0 fully saturated rings. The van der Waals surface area contributed by atoms with Crippen molar-refractivity contribution >= 4 is 16.7 Å². The van der Waals surface area contributed by atoms with Gasteiger partial charge in [-0.3, -0.25) is 0 Å². The lowest BCUT2D eigenvalue weighted by molar-refractivity contribution is 0.0317. The summed E-state index contributed by atoms with van der Waals surface area (Å²) < 4.78 is 19.2. The molecule has 5 nitrogen and oxygen atoms in total. The Hall–Kier alpha value is -1.79. The molecule has 2 rings (SSSR count). The predicted octanol–water partition coefficient (Wildman–Crippen LogP) is 2.21. The number of halogens is 1. The molecular weight excluding hydrogens is 273 g/mol. The maximum atomic E-state index is 13.9. The molecule has 21 heavy (non-hydrogen) atoms. The first-order valence-electron chi connectivity index (χ1n) is 6.97. The van der Waals surface area contributed by atoms with Gasteiger partial charge in [-0.15, -0.1) is 0 Å². The number of aromatic nitrogens is 2. The summed E-state index contributed by atoms with van der Waals surface area (Å²) in [7, 11) is 0. The van der Waals surface area contributed by atoms with E-state index in [9.17, 15) is 9.50 Å². The van der Waals surface area contributed by atoms with Crippen molar-refractivity contribution in [1.29, 1.82) is 0 Å². The number of rotatable bonds is 7. The Bertz CT molecular complexity index is 587. The van der Waals surface area contributed by atoms with E-state index >= 15 is 0 Å². The molecule has 0 aliphatic rings. The summed E-state index contributed by atoms with van der Waals surface area (Å²) >= 11 is 0. The number of nitrogens with zero attached hydrogens (tertiary/aromatic N) is 2. The first-order valence-corrected chi connectivity index (χ1v) is 6.97. The molecule has 2 aromatic rings. The minimum atomic E-state index is -0.680. The number of hydrogen-bond acceptors (Lipinski definition) is 5. The Kier molecular flexibility index (Phi) is 5.41. The fourth-order valence-corrected chi connectivity index (χ4v) is 1.92. The van der Waals surface area contributed by atoms with Crippen molar-refractivity contribution < 1.29 is 14.2 Å². The van der Waals surface area contributed by atoms with Crippen LogP contribution in [-0.2, 0) is 4.74 Å². The Morgan fingerprint density at radius 1 is 1.29 bits per heavy atom. The summed E-state index contributed by atoms with van der Waals surface area (Å²) in [5, 5.41) is 13.1. The molecule has 0 spiro atoms. The minimum Gasteiger partial charge on any atom is -0.389 e. The molecule has 0 aliphatic carbocycles. The zero-order valence-corrected chi connectivity index (χ0v) is 12.2. The Labute approximate surface area is 123 Å². The fourth-order valence-electron chi connectivity index (χ4n) is 1.92. The van der Waals surface area contributed by atoms with Crippen molar-refractivity contribution in [3.8, 4) is 0 Å². The third kappa shape index (κ3) is 4.34. The maximum absolute atomic E-state index is 13.9. The van der Waals surface area contributed by atoms with Crippen LogP contribution >= 0.6 is 0 Å². The Morgan fingerprint density at radius 3 is 2.86 bits per heavy atom. The van der Waals surface area contributed by atoms with E-state index in [2.05, 4.69) is 15.3 Å². The van der Waals surface area contributed by atoms with E-state index in [1.165, 1.54) is 12.4 Å². The molecule has 0 unspecified atom stereocenters. The normalized spacial score (nSPS) is 12.8. The molecule has 0 aliphatic heterocycles. The van der Waals surface area contributed by atoms with Crippen molar-refractivity contribution in [3.63, 3.8) is 0 Å². The standard InChI is InChI=1S/C15H20FN3O2/c1-10(2)7-21-8-11(20)6-17-15-14-12(16)4-3-5-13(14)18-9-19-15/h3-5,9-11,20H,6-8H2,1-2H3,(H,17,18,19)/t11-/m1/s1. The van der Waals surface area contributed by atoms with Crippen LogP contribution in [-0.4, -0.2) is 40.9 Å². The maximum Gasteiger partial charge on any atom is 0.140 e. The quantitative estimate of drug-likeness (QED) is 0.819. The third-order valence-electron chi connectivity index (χ3n) is 2.88. The van der Waals surface area contributed by atoms with Crippen LogP contribution in [0.2, 0.25) is 0 Å². The number of benzene rings is 1. The molecule has 0 radical (unpaired) electrons. The van der Waals surface area contributed by atoms with Crippen molar-refractivity contribution in [3.05, 3.63) is 30.3 Å². The first-order chi connectivity index (χ1) is 10.1. The van der Waals surface area contributed by atoms with Crippen molar-refractivity contribution in [2.75, 3.05) is 25.1 Å². The zero-order valence-electron chi connectivity index (χ0n) is 12.2. The number of fused-ring (bicyclic) bond motifs is 1. The monoisotopic (exact) mass is 293 g/mol. The largest absolute Gasteiger partial charge is 0.389 e. The average Bonchev–Trinajstić information content (AvgIpc) is 2.45. The van der Waals surface area contributed by atoms with Crippen LogP contribution in [0.25, 0.3) is 10.9 Å². The van der Waals surface area contributed by atoms with E-state index < -0.39 is 6.10 Å². The predicted molar refractivity (Wildman–Crippen MR) is 79.6 cm³/mol. The van der Waals surface area contributed by atoms with Gasteiger partial charge in [0.2, 0.25) is 0 Å². The highest BCUT2D eigenvalue weighted by Gasteiger charge is 2.10. The molecule has 1 atom stereocenters. The number of anilines is 1. The van der Waals surface area contributed by atoms with Gasteiger partial charge in [0.05, 0.1) is 23.6 Å². The van der Waals surface area contributed by atoms with Gasteiger partial charge in [0.25, 0.3) is 0 Å². The van der Waals surface area contributed by atoms with Gasteiger partial charge in [-0.2, -0.15) is 0 Å². The molecule has 1 heterocycles. The summed E-state index contributed by atoms with van der Waals surface area (Å²) in [6.45, 7) is 5.15. The van der Waals surface area contributed by atoms with Gasteiger partial charge < -0.3 is 15.2 Å². The molecule has 0 saturated heterocycles. The van der Waals surface area contributed by atoms with Crippen molar-refractivity contribution in [2.45, 2.75) is 20.0 Å². The van der Waals surface area contributed by atoms with Crippen molar-refractivity contribution in [1.82, 2.24) is 9.97 Å². The Balaban J connectivity index is 1.97. The van der Waals surface area contributed by atoms with Crippen LogP contribution in [0, 0.1) is 11.7 Å². The number of aliphatic hydroxyl groups is 1. The lowest BCUT2D eigenvalue weighted by Crippen LogP contribution is -2.26. The van der Waals surface area contributed by atoms with Crippen LogP contribution in [0.4, 0.5) is 10.2 Å². The molecule has 0 bridgehead atoms. The van der Waals surface area contributed by atoms with Gasteiger partial charge in [-0.25, -0.2) is 14.4 Å². The molecule has 1 aromatic heterocycles. The molecule has 6 heteroatoms. The second kappa shape index (κ2) is 7.28. The topological polar surface area (TPSA) is 67.3 Å². The molecule has 2 N–H and O–H groups in total. The second-order valence-corrected chi connectivity index (χ2v) is 5.32. The molecule has 114 valence electrons. The fraction of sp³-hybridized carbons (Fsp3) is 0.467. The zero-order chi connectivity index (χ0) is 15.2. The van der Waals surface area contributed by atoms with Crippen molar-refractivity contribution in [2.24, 2.45) is 5.92 Å². The summed E-state index contributed by atoms with van der Waals surface area (Å²) in [6.07, 6.45) is 0.687. The highest BCUT2D eigenvalue weighted by Crippen LogP contribution is 2.21. The molecular formula is C15H20FN3O2. The molecule has 1 aromatic carbocycles.